The Bertz CT molecular complexity index is 1580. The number of carbonyl (C=O) groups is 4. The van der Waals surface area contributed by atoms with Gasteiger partial charge >= 0.3 is 6.03 Å². The lowest BCUT2D eigenvalue weighted by Gasteiger charge is -2.27. The van der Waals surface area contributed by atoms with Gasteiger partial charge in [-0.1, -0.05) is 19.1 Å². The molecular weight excluding hydrogens is 686 g/mol. The first-order valence-corrected chi connectivity index (χ1v) is 15.0. The van der Waals surface area contributed by atoms with E-state index in [4.69, 9.17) is 14.2 Å². The van der Waals surface area contributed by atoms with Gasteiger partial charge in [-0.3, -0.25) is 19.7 Å². The molecule has 0 spiro atoms. The van der Waals surface area contributed by atoms with Crippen LogP contribution in [0, 0.1) is 6.92 Å². The van der Waals surface area contributed by atoms with Crippen molar-refractivity contribution < 1.29 is 33.4 Å². The van der Waals surface area contributed by atoms with Gasteiger partial charge in [-0.2, -0.15) is 0 Å². The molecule has 1 fully saturated rings. The quantitative estimate of drug-likeness (QED) is 0.174. The second kappa shape index (κ2) is 14.3. The molecule has 5 amide bonds. The number of nitrogens with one attached hydrogen (secondary N) is 2. The van der Waals surface area contributed by atoms with E-state index in [0.29, 0.717) is 50.7 Å². The van der Waals surface area contributed by atoms with E-state index in [-0.39, 0.29) is 23.8 Å². The summed E-state index contributed by atoms with van der Waals surface area (Å²) in [5, 5.41) is 5.00. The Morgan fingerprint density at radius 3 is 2.37 bits per heavy atom. The van der Waals surface area contributed by atoms with Gasteiger partial charge in [-0.05, 0) is 106 Å². The van der Waals surface area contributed by atoms with E-state index < -0.39 is 17.8 Å². The molecule has 1 saturated heterocycles. The molecule has 1 aliphatic rings. The lowest BCUT2D eigenvalue weighted by atomic mass is 10.1. The summed E-state index contributed by atoms with van der Waals surface area (Å²) in [6.07, 6.45) is 2.16. The van der Waals surface area contributed by atoms with Crippen LogP contribution in [0.1, 0.15) is 31.4 Å². The Labute approximate surface area is 265 Å². The molecule has 2 N–H and O–H groups in total. The van der Waals surface area contributed by atoms with Gasteiger partial charge in [0.2, 0.25) is 0 Å². The zero-order valence-corrected chi connectivity index (χ0v) is 26.8. The highest BCUT2D eigenvalue weighted by molar-refractivity contribution is 9.11. The van der Waals surface area contributed by atoms with E-state index >= 15 is 0 Å². The van der Waals surface area contributed by atoms with E-state index in [0.717, 1.165) is 16.9 Å². The van der Waals surface area contributed by atoms with Crippen LogP contribution in [0.3, 0.4) is 0 Å². The van der Waals surface area contributed by atoms with Crippen LogP contribution < -0.4 is 29.7 Å². The maximum absolute atomic E-state index is 13.5. The van der Waals surface area contributed by atoms with Gasteiger partial charge in [0.15, 0.2) is 18.1 Å². The summed E-state index contributed by atoms with van der Waals surface area (Å²) in [4.78, 5) is 52.3. The van der Waals surface area contributed by atoms with Crippen molar-refractivity contribution in [3.63, 3.8) is 0 Å². The molecule has 1 heterocycles. The highest BCUT2D eigenvalue weighted by Crippen LogP contribution is 2.37. The van der Waals surface area contributed by atoms with Gasteiger partial charge in [0.25, 0.3) is 17.7 Å². The number of nitrogens with zero attached hydrogens (tertiary/aromatic N) is 1. The van der Waals surface area contributed by atoms with Crippen LogP contribution in [0.5, 0.6) is 17.2 Å². The average Bonchev–Trinajstić information content (AvgIpc) is 2.94. The summed E-state index contributed by atoms with van der Waals surface area (Å²) in [5.41, 5.74) is 2.08. The van der Waals surface area contributed by atoms with Crippen molar-refractivity contribution in [2.24, 2.45) is 0 Å². The summed E-state index contributed by atoms with van der Waals surface area (Å²) >= 11 is 6.87. The number of ether oxygens (including phenoxy) is 3. The lowest BCUT2D eigenvalue weighted by Crippen LogP contribution is -2.54. The molecule has 0 bridgehead atoms. The van der Waals surface area contributed by atoms with Gasteiger partial charge in [-0.25, -0.2) is 9.69 Å². The Morgan fingerprint density at radius 1 is 0.953 bits per heavy atom. The Morgan fingerprint density at radius 2 is 1.70 bits per heavy atom. The van der Waals surface area contributed by atoms with Crippen LogP contribution in [0.25, 0.3) is 6.08 Å². The van der Waals surface area contributed by atoms with E-state index in [1.807, 2.05) is 32.0 Å². The first kappa shape index (κ1) is 31.8. The molecule has 0 aliphatic carbocycles. The van der Waals surface area contributed by atoms with Crippen LogP contribution >= 0.6 is 31.9 Å². The lowest BCUT2D eigenvalue weighted by molar-refractivity contribution is -0.122. The highest BCUT2D eigenvalue weighted by atomic mass is 79.9. The average molecular weight is 715 g/mol. The number of aryl methyl sites for hydroxylation is 1. The fourth-order valence-corrected chi connectivity index (χ4v) is 5.60. The molecule has 43 heavy (non-hydrogen) atoms. The number of carbonyl (C=O) groups excluding carboxylic acids is 4. The van der Waals surface area contributed by atoms with Gasteiger partial charge in [-0.15, -0.1) is 0 Å². The number of hydrogen-bond acceptors (Lipinski definition) is 7. The number of halogens is 2. The van der Waals surface area contributed by atoms with E-state index in [1.165, 1.54) is 12.1 Å². The highest BCUT2D eigenvalue weighted by Gasteiger charge is 2.37. The third-order valence-corrected chi connectivity index (χ3v) is 7.21. The van der Waals surface area contributed by atoms with E-state index in [2.05, 4.69) is 42.5 Å². The minimum atomic E-state index is -0.883. The zero-order chi connectivity index (χ0) is 31.1. The summed E-state index contributed by atoms with van der Waals surface area (Å²) in [7, 11) is 0. The number of anilines is 2. The normalized spacial score (nSPS) is 14.0. The second-order valence-electron chi connectivity index (χ2n) is 9.39. The molecule has 0 unspecified atom stereocenters. The summed E-state index contributed by atoms with van der Waals surface area (Å²) in [6.45, 7) is 6.27. The van der Waals surface area contributed by atoms with E-state index in [9.17, 15) is 19.2 Å². The minimum absolute atomic E-state index is 0.211. The van der Waals surface area contributed by atoms with Gasteiger partial charge in [0, 0.05) is 11.8 Å². The number of rotatable bonds is 11. The Kier molecular flexibility index (Phi) is 10.6. The fourth-order valence-electron chi connectivity index (χ4n) is 4.15. The fraction of sp³-hybridized carbons (Fsp3) is 0.226. The van der Waals surface area contributed by atoms with Crippen molar-refractivity contribution in [2.45, 2.75) is 27.2 Å². The zero-order valence-electron chi connectivity index (χ0n) is 23.7. The van der Waals surface area contributed by atoms with Crippen molar-refractivity contribution in [1.82, 2.24) is 5.32 Å². The Balaban J connectivity index is 1.54. The number of amides is 5. The molecule has 0 atom stereocenters. The van der Waals surface area contributed by atoms with Gasteiger partial charge in [0.1, 0.15) is 11.3 Å². The predicted octanol–water partition coefficient (Wildman–Crippen LogP) is 6.39. The molecular formula is C31H29Br2N3O7. The van der Waals surface area contributed by atoms with Crippen LogP contribution in [0.4, 0.5) is 16.2 Å². The van der Waals surface area contributed by atoms with Crippen molar-refractivity contribution in [3.8, 4) is 17.2 Å². The Hall–Kier alpha value is -4.16. The topological polar surface area (TPSA) is 123 Å². The molecule has 10 nitrogen and oxygen atoms in total. The predicted molar refractivity (Wildman–Crippen MR) is 170 cm³/mol. The minimum Gasteiger partial charge on any atom is -0.490 e. The maximum Gasteiger partial charge on any atom is 0.335 e. The first-order chi connectivity index (χ1) is 20.6. The molecule has 1 aliphatic heterocycles. The maximum atomic E-state index is 13.5. The van der Waals surface area contributed by atoms with Gasteiger partial charge in [0.05, 0.1) is 27.8 Å². The van der Waals surface area contributed by atoms with Gasteiger partial charge < -0.3 is 19.5 Å². The standard InChI is InChI=1S/C31H29Br2N3O7/c1-4-11-42-25-10-9-21(16-26(25)41-5-2)36-30(39)22(29(38)35-31(36)40)13-19-14-23(32)28(24(33)15-19)43-17-27(37)34-20-8-6-7-18(3)12-20/h6-10,12-16H,4-5,11,17H2,1-3H3,(H,34,37)(H,35,38,40)/b22-13+. The first-order valence-electron chi connectivity index (χ1n) is 13.4. The SMILES string of the molecule is CCCOc1ccc(N2C(=O)NC(=O)/C(=C\c3cc(Br)c(OCC(=O)Nc4cccc(C)c4)c(Br)c3)C2=O)cc1OCC. The molecule has 0 radical (unpaired) electrons. The van der Waals surface area contributed by atoms with Crippen molar-refractivity contribution >= 4 is 73.1 Å². The molecule has 0 saturated carbocycles. The van der Waals surface area contributed by atoms with Crippen LogP contribution in [-0.2, 0) is 14.4 Å². The third-order valence-electron chi connectivity index (χ3n) is 6.03. The monoisotopic (exact) mass is 713 g/mol. The number of urea groups is 1. The van der Waals surface area contributed by atoms with Crippen LogP contribution in [-0.4, -0.2) is 43.6 Å². The number of hydrogen-bond donors (Lipinski definition) is 2. The number of imide groups is 2. The summed E-state index contributed by atoms with van der Waals surface area (Å²) in [5.74, 6) is -0.784. The third kappa shape index (κ3) is 7.82. The van der Waals surface area contributed by atoms with E-state index in [1.54, 1.807) is 37.3 Å². The van der Waals surface area contributed by atoms with Crippen molar-refractivity contribution in [2.75, 3.05) is 30.0 Å². The van der Waals surface area contributed by atoms with Crippen molar-refractivity contribution in [3.05, 3.63) is 80.2 Å². The molecule has 3 aromatic rings. The smallest absolute Gasteiger partial charge is 0.335 e. The second-order valence-corrected chi connectivity index (χ2v) is 11.1. The molecule has 3 aromatic carbocycles. The molecule has 4 rings (SSSR count). The summed E-state index contributed by atoms with van der Waals surface area (Å²) in [6, 6.07) is 14.5. The number of benzene rings is 3. The van der Waals surface area contributed by atoms with Crippen LogP contribution in [0.2, 0.25) is 0 Å². The largest absolute Gasteiger partial charge is 0.490 e. The number of barbiturate groups is 1. The molecule has 224 valence electrons. The van der Waals surface area contributed by atoms with Crippen LogP contribution in [0.15, 0.2) is 69.1 Å². The molecule has 12 heteroatoms. The molecule has 0 aromatic heterocycles. The van der Waals surface area contributed by atoms with Crippen molar-refractivity contribution in [1.29, 1.82) is 0 Å². The summed E-state index contributed by atoms with van der Waals surface area (Å²) < 4.78 is 18.0.